The number of nitrogens with zero attached hydrogens (tertiary/aromatic N) is 11. The fraction of sp³-hybridized carbons (Fsp3) is 0.762. The van der Waals surface area contributed by atoms with E-state index in [0.29, 0.717) is 18.5 Å². The van der Waals surface area contributed by atoms with E-state index in [2.05, 4.69) is 118 Å². The van der Waals surface area contributed by atoms with Crippen LogP contribution in [-0.4, -0.2) is 307 Å². The summed E-state index contributed by atoms with van der Waals surface area (Å²) < 4.78 is 0. The molecule has 24 heteroatoms. The summed E-state index contributed by atoms with van der Waals surface area (Å²) in [5.41, 5.74) is 3.83. The van der Waals surface area contributed by atoms with Crippen LogP contribution in [0.5, 0.6) is 0 Å². The molecule has 6 aliphatic rings. The van der Waals surface area contributed by atoms with Gasteiger partial charge in [-0.25, -0.2) is 0 Å². The molecule has 8 rings (SSSR count). The first-order valence-corrected chi connectivity index (χ1v) is 39.3. The van der Waals surface area contributed by atoms with Crippen molar-refractivity contribution in [1.29, 1.82) is 0 Å². The van der Waals surface area contributed by atoms with E-state index in [9.17, 15) is 38.4 Å². The Morgan fingerprint density at radius 2 is 0.894 bits per heavy atom. The van der Waals surface area contributed by atoms with Crippen LogP contribution >= 0.6 is 0 Å². The maximum atomic E-state index is 10.9. The van der Waals surface area contributed by atoms with Gasteiger partial charge in [0.1, 0.15) is 0 Å². The highest BCUT2D eigenvalue weighted by Gasteiger charge is 2.24. The highest BCUT2D eigenvalue weighted by Crippen LogP contribution is 2.26. The monoisotopic (exact) mass is 1460 g/mol. The third-order valence-corrected chi connectivity index (χ3v) is 19.7. The highest BCUT2D eigenvalue weighted by atomic mass is 16.2. The van der Waals surface area contributed by atoms with Crippen LogP contribution in [0.3, 0.4) is 0 Å². The van der Waals surface area contributed by atoms with Crippen LogP contribution in [-0.2, 0) is 57.7 Å². The van der Waals surface area contributed by atoms with Gasteiger partial charge in [-0.3, -0.25) is 43.3 Å². The van der Waals surface area contributed by atoms with Gasteiger partial charge in [-0.05, 0) is 245 Å². The average Bonchev–Trinajstić information content (AvgIpc) is 1.03. The smallest absolute Gasteiger partial charge is 0.219 e. The first-order chi connectivity index (χ1) is 49.5. The van der Waals surface area contributed by atoms with Crippen LogP contribution in [0.4, 0.5) is 0 Å². The number of piperidine rings is 3. The topological polar surface area (TPSA) is 242 Å². The first kappa shape index (κ1) is 95.9. The van der Waals surface area contributed by atoms with Gasteiger partial charge in [-0.15, -0.1) is 0 Å². The third-order valence-electron chi connectivity index (χ3n) is 19.7. The molecule has 0 unspecified atom stereocenters. The Kier molecular flexibility index (Phi) is 55.2. The van der Waals surface area contributed by atoms with E-state index in [1.165, 1.54) is 167 Å². The van der Waals surface area contributed by atoms with E-state index in [4.69, 9.17) is 0 Å². The zero-order chi connectivity index (χ0) is 77.5. The van der Waals surface area contributed by atoms with Gasteiger partial charge >= 0.3 is 0 Å². The molecule has 0 spiro atoms. The van der Waals surface area contributed by atoms with Crippen molar-refractivity contribution in [3.63, 3.8) is 0 Å². The van der Waals surface area contributed by atoms with Crippen molar-refractivity contribution in [1.82, 2.24) is 80.6 Å². The van der Waals surface area contributed by atoms with Crippen molar-refractivity contribution in [3.8, 4) is 0 Å². The molecule has 5 aliphatic heterocycles. The fourth-order valence-electron chi connectivity index (χ4n) is 12.7. The van der Waals surface area contributed by atoms with Gasteiger partial charge < -0.3 is 75.6 Å². The van der Waals surface area contributed by atoms with Crippen LogP contribution in [0, 0.1) is 5.92 Å². The normalized spacial score (nSPS) is 18.4. The Morgan fingerprint density at radius 1 is 0.433 bits per heavy atom. The van der Waals surface area contributed by atoms with Crippen molar-refractivity contribution in [2.24, 2.45) is 5.92 Å². The number of likely N-dealkylation sites (N-methyl/N-ethyl adjacent to an activating group) is 3. The molecule has 1 aromatic heterocycles. The number of carbonyl (C=O) groups is 8. The lowest BCUT2D eigenvalue weighted by molar-refractivity contribution is -0.130. The van der Waals surface area contributed by atoms with Gasteiger partial charge in [0, 0.05) is 179 Å². The van der Waals surface area contributed by atoms with Crippen molar-refractivity contribution in [2.45, 2.75) is 202 Å². The second-order valence-electron chi connectivity index (χ2n) is 29.6. The number of likely N-dealkylation sites (tertiary alicyclic amines) is 4. The molecule has 8 amide bonds. The Hall–Kier alpha value is -6.15. The zero-order valence-electron chi connectivity index (χ0n) is 68.2. The second-order valence-corrected chi connectivity index (χ2v) is 29.6. The van der Waals surface area contributed by atoms with E-state index in [1.54, 1.807) is 70.7 Å². The summed E-state index contributed by atoms with van der Waals surface area (Å²) in [6.07, 6.45) is 28.6. The molecule has 5 saturated heterocycles. The van der Waals surface area contributed by atoms with Crippen molar-refractivity contribution < 1.29 is 38.4 Å². The van der Waals surface area contributed by atoms with Gasteiger partial charge in [0.05, 0.1) is 0 Å². The van der Waals surface area contributed by atoms with E-state index < -0.39 is 0 Å². The molecule has 0 bridgehead atoms. The number of benzene rings is 1. The predicted molar refractivity (Wildman–Crippen MR) is 425 cm³/mol. The molecule has 104 heavy (non-hydrogen) atoms. The van der Waals surface area contributed by atoms with E-state index >= 15 is 0 Å². The minimum Gasteiger partial charge on any atom is -0.356 e. The summed E-state index contributed by atoms with van der Waals surface area (Å²) in [5.74, 6) is 1.52. The quantitative estimate of drug-likeness (QED) is 0.0623. The number of pyridine rings is 1. The number of nitrogens with one attached hydrogen (secondary N) is 5. The van der Waals surface area contributed by atoms with E-state index in [-0.39, 0.29) is 47.3 Å². The molecular formula is C80H148N16O8. The molecular weight excluding hydrogens is 1310 g/mol. The Morgan fingerprint density at radius 3 is 1.35 bits per heavy atom. The number of piperazine rings is 1. The number of aryl methyl sites for hydroxylation is 1. The number of rotatable bonds is 25. The number of carbonyl (C=O) groups excluding carboxylic acids is 8. The Bertz CT molecular complexity index is 2570. The molecule has 1 atom stereocenters. The summed E-state index contributed by atoms with van der Waals surface area (Å²) in [7, 11) is 16.3. The molecule has 0 radical (unpaired) electrons. The SMILES string of the molecule is CC(=O)N(C)CCCc1ccncc1.CC(=O)N(C)C[C@@H]1CCCN1C.CC(=O)N1CCN(C)CC1.CC(=O)NCC1CCC(N(C)C)CC1.CC(=O)NCCCN(C)C.CC(=O)NCCCN1CCCCC1.CC(=O)NCCN1CCCCC1.CC(=O)NCc1ccc(CCN2CCCCC2)cc1. The molecule has 24 nitrogen and oxygen atoms in total. The standard InChI is InChI=1S/C16H24N2O.C11H22N2O.C11H16N2O.C10H20N2O.2C9H18N2O.C7H14N2O.C7H16N2O/c1-14(19)17-13-16-7-5-15(6-8-16)9-12-18-10-3-2-4-11-18;1-9(14)12-8-10-4-6-11(7-5-10)13(2)3;1-10(14)13(2)9-3-4-11-5-7-12-8-6-11;1-10(13)11-6-5-9-12-7-3-2-4-8-12;1-8(12)11(3)7-9-5-4-6-10(9)2;1-9(12)10-5-8-11-6-3-2-4-7-11;1-7(10)9-5-3-8(2)4-6-9;1-7(10)8-5-4-6-9(2)3/h5-8H,2-4,9-13H2,1H3,(H,17,19);10-11H,4-8H2,1-3H3,(H,12,14);5-8H,3-4,9H2,1-2H3;2-9H2,1H3,(H,11,13);9H,4-7H2,1-3H3;2-8H2,1H3,(H,10,12);3-6H2,1-2H3;4-6H2,1-3H3,(H,8,10)/t;;;;9-;;;/m....0.../s1. The summed E-state index contributed by atoms with van der Waals surface area (Å²) in [6, 6.07) is 13.9. The number of amides is 8. The number of hydrogen-bond donors (Lipinski definition) is 5. The lowest BCUT2D eigenvalue weighted by atomic mass is 9.85. The molecule has 5 N–H and O–H groups in total. The third kappa shape index (κ3) is 53.6. The lowest BCUT2D eigenvalue weighted by Crippen LogP contribution is -2.46. The molecule has 1 saturated carbocycles. The summed E-state index contributed by atoms with van der Waals surface area (Å²) >= 11 is 0. The maximum absolute atomic E-state index is 10.9. The molecule has 2 aromatic rings. The average molecular weight is 1460 g/mol. The van der Waals surface area contributed by atoms with Crippen LogP contribution < -0.4 is 26.6 Å². The van der Waals surface area contributed by atoms with Crippen LogP contribution in [0.2, 0.25) is 0 Å². The highest BCUT2D eigenvalue weighted by molar-refractivity contribution is 5.75. The van der Waals surface area contributed by atoms with Crippen LogP contribution in [0.15, 0.2) is 48.8 Å². The largest absolute Gasteiger partial charge is 0.356 e. The fourth-order valence-corrected chi connectivity index (χ4v) is 12.7. The van der Waals surface area contributed by atoms with E-state index in [1.807, 2.05) is 45.2 Å². The molecule has 596 valence electrons. The number of hydrogen-bond acceptors (Lipinski definition) is 16. The summed E-state index contributed by atoms with van der Waals surface area (Å²) in [6.45, 7) is 35.0. The number of aromatic nitrogens is 1. The first-order valence-electron chi connectivity index (χ1n) is 39.3. The minimum atomic E-state index is 0.0224. The van der Waals surface area contributed by atoms with Crippen molar-refractivity contribution in [3.05, 3.63) is 65.5 Å². The van der Waals surface area contributed by atoms with Gasteiger partial charge in [-0.2, -0.15) is 0 Å². The Labute approximate surface area is 631 Å². The molecule has 6 fully saturated rings. The van der Waals surface area contributed by atoms with Gasteiger partial charge in [0.2, 0.25) is 47.3 Å². The Balaban J connectivity index is 0.000000599. The minimum absolute atomic E-state index is 0.0224. The molecule has 1 aromatic carbocycles. The van der Waals surface area contributed by atoms with Crippen molar-refractivity contribution >= 4 is 47.3 Å². The van der Waals surface area contributed by atoms with E-state index in [0.717, 1.165) is 129 Å². The summed E-state index contributed by atoms with van der Waals surface area (Å²) in [4.78, 5) is 112. The van der Waals surface area contributed by atoms with Crippen molar-refractivity contribution in [2.75, 3.05) is 194 Å². The molecule has 1 aliphatic carbocycles. The molecule has 6 heterocycles. The van der Waals surface area contributed by atoms with Gasteiger partial charge in [-0.1, -0.05) is 43.5 Å². The zero-order valence-corrected chi connectivity index (χ0v) is 68.2. The summed E-state index contributed by atoms with van der Waals surface area (Å²) in [5, 5.41) is 14.1. The maximum Gasteiger partial charge on any atom is 0.219 e. The van der Waals surface area contributed by atoms with Crippen LogP contribution in [0.25, 0.3) is 0 Å². The van der Waals surface area contributed by atoms with Crippen LogP contribution in [0.1, 0.15) is 188 Å². The lowest BCUT2D eigenvalue weighted by Gasteiger charge is -2.32. The van der Waals surface area contributed by atoms with Gasteiger partial charge in [0.15, 0.2) is 0 Å². The van der Waals surface area contributed by atoms with Gasteiger partial charge in [0.25, 0.3) is 0 Å². The second kappa shape index (κ2) is 59.9. The predicted octanol–water partition coefficient (Wildman–Crippen LogP) is 7.11.